The molecule has 12 heteroatoms. The lowest BCUT2D eigenvalue weighted by molar-refractivity contribution is -0.242. The average molecular weight is 458 g/mol. The Bertz CT molecular complexity index is 1110. The smallest absolute Gasteiger partial charge is 0.370 e. The van der Waals surface area contributed by atoms with Crippen LogP contribution < -0.4 is 0 Å². The molecule has 0 aliphatic heterocycles. The molecule has 2 aromatic heterocycles. The zero-order valence-corrected chi connectivity index (χ0v) is 16.2. The monoisotopic (exact) mass is 458 g/mol. The third-order valence-corrected chi connectivity index (χ3v) is 5.61. The van der Waals surface area contributed by atoms with Crippen LogP contribution in [0.3, 0.4) is 0 Å². The van der Waals surface area contributed by atoms with Crippen molar-refractivity contribution < 1.29 is 36.2 Å². The number of imidazole rings is 1. The highest BCUT2D eigenvalue weighted by molar-refractivity contribution is 6.00. The van der Waals surface area contributed by atoms with Gasteiger partial charge in [0.25, 0.3) is 5.60 Å². The normalized spacial score (nSPS) is 17.7. The maximum atomic E-state index is 13.9. The van der Waals surface area contributed by atoms with E-state index in [2.05, 4.69) is 15.1 Å². The first-order chi connectivity index (χ1) is 14.9. The van der Waals surface area contributed by atoms with Crippen LogP contribution in [0.5, 0.6) is 0 Å². The summed E-state index contributed by atoms with van der Waals surface area (Å²) in [5, 5.41) is 14.4. The molecule has 32 heavy (non-hydrogen) atoms. The number of aliphatic hydroxyl groups is 1. The summed E-state index contributed by atoms with van der Waals surface area (Å²) in [5.74, 6) is -2.70. The number of nitrogens with zero attached hydrogens (tertiary/aromatic N) is 3. The molecule has 1 aliphatic rings. The molecule has 1 saturated carbocycles. The molecule has 4 rings (SSSR count). The number of aromatic amines is 1. The van der Waals surface area contributed by atoms with Gasteiger partial charge in [-0.2, -0.15) is 31.4 Å². The van der Waals surface area contributed by atoms with Crippen molar-refractivity contribution in [3.63, 3.8) is 0 Å². The zero-order valence-electron chi connectivity index (χ0n) is 16.2. The first-order valence-corrected chi connectivity index (χ1v) is 9.43. The quantitative estimate of drug-likeness (QED) is 0.430. The number of rotatable bonds is 6. The lowest BCUT2D eigenvalue weighted by Crippen LogP contribution is -2.49. The van der Waals surface area contributed by atoms with Crippen molar-refractivity contribution in [2.45, 2.75) is 37.2 Å². The summed E-state index contributed by atoms with van der Waals surface area (Å²) in [6.07, 6.45) is -6.76. The lowest BCUT2D eigenvalue weighted by atomic mass is 9.88. The van der Waals surface area contributed by atoms with Gasteiger partial charge in [-0.3, -0.25) is 4.79 Å². The molecule has 1 fully saturated rings. The van der Waals surface area contributed by atoms with Crippen molar-refractivity contribution in [2.75, 3.05) is 0 Å². The summed E-state index contributed by atoms with van der Waals surface area (Å²) in [7, 11) is 0. The van der Waals surface area contributed by atoms with Crippen LogP contribution >= 0.6 is 0 Å². The van der Waals surface area contributed by atoms with Crippen LogP contribution in [-0.4, -0.2) is 43.0 Å². The zero-order chi connectivity index (χ0) is 23.4. The fraction of sp³-hybridized carbons (Fsp3) is 0.350. The number of ketones is 1. The highest BCUT2D eigenvalue weighted by Gasteiger charge is 2.64. The molecular weight excluding hydrogens is 442 g/mol. The molecule has 0 bridgehead atoms. The molecule has 1 unspecified atom stereocenters. The molecule has 2 N–H and O–H groups in total. The summed E-state index contributed by atoms with van der Waals surface area (Å²) in [5.41, 5.74) is -6.52. The molecule has 0 amide bonds. The maximum Gasteiger partial charge on any atom is 0.429 e. The summed E-state index contributed by atoms with van der Waals surface area (Å²) < 4.78 is 82.4. The highest BCUT2D eigenvalue weighted by Crippen LogP contribution is 2.59. The number of aromatic nitrogens is 4. The minimum atomic E-state index is -5.42. The van der Waals surface area contributed by atoms with E-state index in [9.17, 15) is 36.2 Å². The van der Waals surface area contributed by atoms with Gasteiger partial charge in [-0.15, -0.1) is 0 Å². The van der Waals surface area contributed by atoms with E-state index in [-0.39, 0.29) is 18.5 Å². The molecule has 0 radical (unpaired) electrons. The minimum absolute atomic E-state index is 0.123. The van der Waals surface area contributed by atoms with E-state index in [1.54, 1.807) is 12.3 Å². The van der Waals surface area contributed by atoms with Crippen LogP contribution in [0.1, 0.15) is 34.7 Å². The van der Waals surface area contributed by atoms with Gasteiger partial charge in [-0.1, -0.05) is 12.1 Å². The van der Waals surface area contributed by atoms with E-state index in [0.717, 1.165) is 18.3 Å². The predicted molar refractivity (Wildman–Crippen MR) is 97.9 cm³/mol. The van der Waals surface area contributed by atoms with E-state index in [4.69, 9.17) is 0 Å². The van der Waals surface area contributed by atoms with Gasteiger partial charge in [0.1, 0.15) is 0 Å². The molecule has 6 nitrogen and oxygen atoms in total. The van der Waals surface area contributed by atoms with E-state index in [1.165, 1.54) is 23.0 Å². The molecule has 1 atom stereocenters. The first kappa shape index (κ1) is 22.1. The van der Waals surface area contributed by atoms with Crippen LogP contribution in [-0.2, 0) is 12.0 Å². The summed E-state index contributed by atoms with van der Waals surface area (Å²) >= 11 is 0. The highest BCUT2D eigenvalue weighted by atomic mass is 19.4. The molecule has 170 valence electrons. The van der Waals surface area contributed by atoms with E-state index < -0.39 is 47.0 Å². The van der Waals surface area contributed by atoms with Crippen LogP contribution in [0.2, 0.25) is 0 Å². The van der Waals surface area contributed by atoms with Crippen LogP contribution in [0, 0.1) is 5.41 Å². The second-order valence-corrected chi connectivity index (χ2v) is 7.73. The first-order valence-electron chi connectivity index (χ1n) is 9.43. The Hall–Kier alpha value is -3.15. The van der Waals surface area contributed by atoms with E-state index in [1.807, 2.05) is 0 Å². The molecule has 0 spiro atoms. The van der Waals surface area contributed by atoms with Crippen molar-refractivity contribution in [1.29, 1.82) is 0 Å². The van der Waals surface area contributed by atoms with Crippen molar-refractivity contribution in [3.05, 3.63) is 66.0 Å². The largest absolute Gasteiger partial charge is 0.429 e. The number of hydrogen-bond acceptors (Lipinski definition) is 4. The minimum Gasteiger partial charge on any atom is -0.370 e. The van der Waals surface area contributed by atoms with Gasteiger partial charge in [-0.05, 0) is 31.0 Å². The van der Waals surface area contributed by atoms with Gasteiger partial charge >= 0.3 is 12.4 Å². The molecule has 0 saturated heterocycles. The Labute approximate surface area is 176 Å². The van der Waals surface area contributed by atoms with Gasteiger partial charge in [-0.25, -0.2) is 9.67 Å². The Kier molecular flexibility index (Phi) is 4.96. The third-order valence-electron chi connectivity index (χ3n) is 5.61. The summed E-state index contributed by atoms with van der Waals surface area (Å²) in [6.45, 7) is 0. The lowest BCUT2D eigenvalue weighted by Gasteiger charge is -2.28. The Morgan fingerprint density at radius 1 is 1.12 bits per heavy atom. The third kappa shape index (κ3) is 3.57. The van der Waals surface area contributed by atoms with Gasteiger partial charge in [0, 0.05) is 30.6 Å². The summed E-state index contributed by atoms with van der Waals surface area (Å²) in [4.78, 5) is 18.5. The van der Waals surface area contributed by atoms with Gasteiger partial charge in [0.15, 0.2) is 5.82 Å². The predicted octanol–water partition coefficient (Wildman–Crippen LogP) is 4.11. The van der Waals surface area contributed by atoms with Crippen molar-refractivity contribution in [1.82, 2.24) is 19.7 Å². The van der Waals surface area contributed by atoms with Gasteiger partial charge in [0.05, 0.1) is 16.8 Å². The fourth-order valence-corrected chi connectivity index (χ4v) is 3.50. The molecular formula is C20H16F6N4O2. The number of halogens is 6. The topological polar surface area (TPSA) is 83.8 Å². The second kappa shape index (κ2) is 7.19. The number of carbonyl (C=O) groups is 1. The van der Waals surface area contributed by atoms with Crippen molar-refractivity contribution >= 4 is 5.78 Å². The number of nitrogens with one attached hydrogen (secondary N) is 1. The maximum absolute atomic E-state index is 13.9. The Morgan fingerprint density at radius 3 is 2.28 bits per heavy atom. The summed E-state index contributed by atoms with van der Waals surface area (Å²) in [6, 6.07) is 5.92. The Balaban J connectivity index is 1.64. The van der Waals surface area contributed by atoms with Crippen molar-refractivity contribution in [3.8, 4) is 5.69 Å². The van der Waals surface area contributed by atoms with Crippen LogP contribution in [0.4, 0.5) is 26.3 Å². The van der Waals surface area contributed by atoms with Crippen LogP contribution in [0.25, 0.3) is 5.69 Å². The molecule has 2 heterocycles. The fourth-order valence-electron chi connectivity index (χ4n) is 3.50. The molecule has 3 aromatic rings. The van der Waals surface area contributed by atoms with E-state index >= 15 is 0 Å². The molecule has 1 aromatic carbocycles. The number of Topliss-reactive ketones (excluding diaryl/α,β-unsaturated/α-hetero) is 1. The van der Waals surface area contributed by atoms with Crippen LogP contribution in [0.15, 0.2) is 48.9 Å². The number of hydrogen-bond donors (Lipinski definition) is 2. The number of alkyl halides is 6. The SMILES string of the molecule is O=C(c1nc(CC2(C(F)(F)F)CC2)c[nH]1)C(O)(c1ccc(-n2cccn2)cc1)C(F)(F)F. The van der Waals surface area contributed by atoms with Gasteiger partial charge in [0.2, 0.25) is 5.78 Å². The number of H-pyrrole nitrogens is 1. The van der Waals surface area contributed by atoms with Gasteiger partial charge < -0.3 is 10.1 Å². The average Bonchev–Trinajstić information content (AvgIpc) is 3.13. The number of benzene rings is 1. The molecule has 1 aliphatic carbocycles. The number of carbonyl (C=O) groups excluding carboxylic acids is 1. The Morgan fingerprint density at radius 2 is 1.78 bits per heavy atom. The standard InChI is InChI=1S/C20H16F6N4O2/c21-19(22,23)17(6-7-17)10-13-11-27-16(29-13)15(31)18(32,20(24,25)26)12-2-4-14(5-3-12)30-9-1-8-28-30/h1-5,8-9,11,32H,6-7,10H2,(H,27,29). The van der Waals surface area contributed by atoms with Crippen molar-refractivity contribution in [2.24, 2.45) is 5.41 Å². The van der Waals surface area contributed by atoms with E-state index in [0.29, 0.717) is 5.69 Å². The second-order valence-electron chi connectivity index (χ2n) is 7.73.